The molecule has 0 saturated heterocycles. The molecule has 90 valence electrons. The number of rotatable bonds is 6. The van der Waals surface area contributed by atoms with Gasteiger partial charge in [0.1, 0.15) is 0 Å². The molecule has 1 amide bonds. The molecule has 3 N–H and O–H groups in total. The van der Waals surface area contributed by atoms with Gasteiger partial charge in [0.05, 0.1) is 6.10 Å². The molecule has 0 radical (unpaired) electrons. The fourth-order valence-corrected chi connectivity index (χ4v) is 1.40. The molecular weight excluding hydrogens is 222 g/mol. The van der Waals surface area contributed by atoms with E-state index in [2.05, 4.69) is 14.8 Å². The molecular formula is C7H17N3O4S. The molecule has 0 spiro atoms. The van der Waals surface area contributed by atoms with Crippen LogP contribution in [0.5, 0.6) is 0 Å². The van der Waals surface area contributed by atoms with Crippen LogP contribution in [0.3, 0.4) is 0 Å². The van der Waals surface area contributed by atoms with E-state index in [1.165, 1.54) is 0 Å². The van der Waals surface area contributed by atoms with Gasteiger partial charge < -0.3 is 10.1 Å². The molecule has 0 aromatic carbocycles. The number of carbonyl (C=O) groups is 1. The van der Waals surface area contributed by atoms with Gasteiger partial charge in [0.15, 0.2) is 0 Å². The maximum atomic E-state index is 11.1. The molecule has 0 aromatic heterocycles. The number of ether oxygens (including phenoxy) is 1. The van der Waals surface area contributed by atoms with Gasteiger partial charge in [-0.25, -0.2) is 9.52 Å². The summed E-state index contributed by atoms with van der Waals surface area (Å²) in [5, 5.41) is 2.75. The van der Waals surface area contributed by atoms with Crippen LogP contribution in [0.15, 0.2) is 0 Å². The van der Waals surface area contributed by atoms with Crippen molar-refractivity contribution in [1.82, 2.24) is 14.8 Å². The summed E-state index contributed by atoms with van der Waals surface area (Å²) < 4.78 is 30.8. The highest BCUT2D eigenvalue weighted by Crippen LogP contribution is 1.89. The number of carbonyl (C=O) groups excluding carboxylic acids is 1. The molecule has 15 heavy (non-hydrogen) atoms. The summed E-state index contributed by atoms with van der Waals surface area (Å²) in [7, 11) is -2.12. The third-order valence-electron chi connectivity index (χ3n) is 1.23. The molecule has 0 aliphatic heterocycles. The number of amides is 1. The predicted octanol–water partition coefficient (Wildman–Crippen LogP) is -0.825. The molecule has 0 rings (SSSR count). The average molecular weight is 239 g/mol. The van der Waals surface area contributed by atoms with E-state index in [-0.39, 0.29) is 12.6 Å². The highest BCUT2D eigenvalue weighted by Gasteiger charge is 2.14. The molecule has 0 aliphatic carbocycles. The first-order valence-corrected chi connectivity index (χ1v) is 5.98. The van der Waals surface area contributed by atoms with Gasteiger partial charge in [-0.15, -0.1) is 0 Å². The Hall–Kier alpha value is -0.860. The van der Waals surface area contributed by atoms with E-state index in [0.29, 0.717) is 6.54 Å². The van der Waals surface area contributed by atoms with Gasteiger partial charge in [0.2, 0.25) is 0 Å². The largest absolute Gasteiger partial charge is 0.446 e. The second-order valence-corrected chi connectivity index (χ2v) is 4.56. The highest BCUT2D eigenvalue weighted by molar-refractivity contribution is 7.88. The molecule has 0 atom stereocenters. The first kappa shape index (κ1) is 14.1. The van der Waals surface area contributed by atoms with Crippen molar-refractivity contribution in [1.29, 1.82) is 0 Å². The van der Waals surface area contributed by atoms with Gasteiger partial charge in [-0.05, 0) is 20.9 Å². The fraction of sp³-hybridized carbons (Fsp3) is 0.857. The van der Waals surface area contributed by atoms with Gasteiger partial charge in [0.25, 0.3) is 0 Å². The van der Waals surface area contributed by atoms with Crippen LogP contribution in [0.1, 0.15) is 13.8 Å². The molecule has 0 heterocycles. The summed E-state index contributed by atoms with van der Waals surface area (Å²) in [6, 6.07) is 0. The zero-order chi connectivity index (χ0) is 11.9. The van der Waals surface area contributed by atoms with Crippen molar-refractivity contribution in [2.75, 3.05) is 20.1 Å². The number of likely N-dealkylation sites (N-methyl/N-ethyl adjacent to an activating group) is 1. The van der Waals surface area contributed by atoms with E-state index in [4.69, 9.17) is 0 Å². The Morgan fingerprint density at radius 1 is 1.33 bits per heavy atom. The van der Waals surface area contributed by atoms with Crippen molar-refractivity contribution >= 4 is 16.3 Å². The van der Waals surface area contributed by atoms with Crippen molar-refractivity contribution in [3.63, 3.8) is 0 Å². The number of hydrogen-bond donors (Lipinski definition) is 3. The molecule has 0 saturated carbocycles. The Labute approximate surface area is 89.7 Å². The lowest BCUT2D eigenvalue weighted by atomic mass is 10.5. The summed E-state index contributed by atoms with van der Waals surface area (Å²) in [5.74, 6) is 0. The van der Waals surface area contributed by atoms with Gasteiger partial charge in [-0.2, -0.15) is 13.1 Å². The molecule has 0 bridgehead atoms. The van der Waals surface area contributed by atoms with Crippen LogP contribution in [0.25, 0.3) is 0 Å². The zero-order valence-electron chi connectivity index (χ0n) is 9.03. The van der Waals surface area contributed by atoms with E-state index in [0.717, 1.165) is 0 Å². The Morgan fingerprint density at radius 3 is 2.40 bits per heavy atom. The Bertz CT molecular complexity index is 289. The predicted molar refractivity (Wildman–Crippen MR) is 55.6 cm³/mol. The minimum Gasteiger partial charge on any atom is -0.446 e. The van der Waals surface area contributed by atoms with Crippen molar-refractivity contribution < 1.29 is 17.9 Å². The first-order chi connectivity index (χ1) is 6.87. The number of nitrogens with one attached hydrogen (secondary N) is 3. The average Bonchev–Trinajstić information content (AvgIpc) is 2.00. The van der Waals surface area contributed by atoms with Gasteiger partial charge in [0, 0.05) is 13.1 Å². The Kier molecular flexibility index (Phi) is 6.21. The maximum Gasteiger partial charge on any atom is 0.422 e. The molecule has 7 nitrogen and oxygen atoms in total. The summed E-state index contributed by atoms with van der Waals surface area (Å²) in [5.41, 5.74) is 0. The van der Waals surface area contributed by atoms with E-state index in [9.17, 15) is 13.2 Å². The van der Waals surface area contributed by atoms with Crippen LogP contribution in [0.4, 0.5) is 4.79 Å². The Balaban J connectivity index is 3.97. The number of hydrogen-bond acceptors (Lipinski definition) is 5. The van der Waals surface area contributed by atoms with Crippen molar-refractivity contribution in [2.45, 2.75) is 20.0 Å². The molecule has 0 unspecified atom stereocenters. The van der Waals surface area contributed by atoms with Gasteiger partial charge >= 0.3 is 16.3 Å². The lowest BCUT2D eigenvalue weighted by Gasteiger charge is -2.10. The lowest BCUT2D eigenvalue weighted by Crippen LogP contribution is -2.43. The lowest BCUT2D eigenvalue weighted by molar-refractivity contribution is 0.121. The fourth-order valence-electron chi connectivity index (χ4n) is 0.694. The van der Waals surface area contributed by atoms with Crippen LogP contribution in [0.2, 0.25) is 0 Å². The van der Waals surface area contributed by atoms with Crippen LogP contribution < -0.4 is 14.8 Å². The SMILES string of the molecule is CNCCNS(=O)(=O)NC(=O)OC(C)C. The van der Waals surface area contributed by atoms with E-state index < -0.39 is 16.3 Å². The highest BCUT2D eigenvalue weighted by atomic mass is 32.2. The first-order valence-electron chi connectivity index (χ1n) is 4.50. The standard InChI is InChI=1S/C7H17N3O4S/c1-6(2)14-7(11)10-15(12,13)9-5-4-8-3/h6,8-9H,4-5H2,1-3H3,(H,10,11). The molecule has 0 aliphatic rings. The summed E-state index contributed by atoms with van der Waals surface area (Å²) >= 11 is 0. The Morgan fingerprint density at radius 2 is 1.93 bits per heavy atom. The van der Waals surface area contributed by atoms with Crippen LogP contribution in [-0.4, -0.2) is 40.8 Å². The minimum atomic E-state index is -3.81. The molecule has 8 heteroatoms. The van der Waals surface area contributed by atoms with Crippen LogP contribution in [-0.2, 0) is 14.9 Å². The smallest absolute Gasteiger partial charge is 0.422 e. The quantitative estimate of drug-likeness (QED) is 0.526. The second kappa shape index (κ2) is 6.59. The van der Waals surface area contributed by atoms with E-state index in [1.807, 2.05) is 0 Å². The van der Waals surface area contributed by atoms with Crippen LogP contribution in [0, 0.1) is 0 Å². The summed E-state index contributed by atoms with van der Waals surface area (Å²) in [6.07, 6.45) is -1.35. The monoisotopic (exact) mass is 239 g/mol. The molecule has 0 fully saturated rings. The van der Waals surface area contributed by atoms with Crippen molar-refractivity contribution in [2.24, 2.45) is 0 Å². The topological polar surface area (TPSA) is 96.5 Å². The maximum absolute atomic E-state index is 11.1. The summed E-state index contributed by atoms with van der Waals surface area (Å²) in [4.78, 5) is 10.9. The minimum absolute atomic E-state index is 0.195. The second-order valence-electron chi connectivity index (χ2n) is 3.06. The van der Waals surface area contributed by atoms with Crippen molar-refractivity contribution in [3.05, 3.63) is 0 Å². The third-order valence-corrected chi connectivity index (χ3v) is 2.25. The van der Waals surface area contributed by atoms with Gasteiger partial charge in [-0.1, -0.05) is 0 Å². The summed E-state index contributed by atoms with van der Waals surface area (Å²) in [6.45, 7) is 3.92. The van der Waals surface area contributed by atoms with Gasteiger partial charge in [-0.3, -0.25) is 0 Å². The van der Waals surface area contributed by atoms with E-state index >= 15 is 0 Å². The zero-order valence-corrected chi connectivity index (χ0v) is 9.85. The third kappa shape index (κ3) is 8.16. The normalized spacial score (nSPS) is 11.5. The van der Waals surface area contributed by atoms with Crippen molar-refractivity contribution in [3.8, 4) is 0 Å². The van der Waals surface area contributed by atoms with Crippen LogP contribution >= 0.6 is 0 Å². The van der Waals surface area contributed by atoms with E-state index in [1.54, 1.807) is 25.6 Å². The molecule has 0 aromatic rings.